The molecule has 0 spiro atoms. The third kappa shape index (κ3) is 3.33. The van der Waals surface area contributed by atoms with Crippen molar-refractivity contribution in [2.45, 2.75) is 11.5 Å². The first-order valence-corrected chi connectivity index (χ1v) is 8.39. The van der Waals surface area contributed by atoms with Crippen LogP contribution >= 0.6 is 0 Å². The summed E-state index contributed by atoms with van der Waals surface area (Å²) < 4.78 is 67.7. The summed E-state index contributed by atoms with van der Waals surface area (Å²) in [6, 6.07) is 7.57. The van der Waals surface area contributed by atoms with E-state index in [2.05, 4.69) is 9.97 Å². The molecule has 1 aliphatic heterocycles. The molecule has 2 aromatic heterocycles. The average Bonchev–Trinajstić information content (AvgIpc) is 3.51. The Morgan fingerprint density at radius 3 is 2.41 bits per heavy atom. The maximum absolute atomic E-state index is 15.1. The van der Waals surface area contributed by atoms with Gasteiger partial charge in [-0.25, -0.2) is 13.8 Å². The molecule has 1 aliphatic rings. The molecule has 1 fully saturated rings. The molecule has 1 saturated heterocycles. The Labute approximate surface area is 161 Å². The molecule has 1 atom stereocenters. The lowest BCUT2D eigenvalue weighted by atomic mass is 9.90. The van der Waals surface area contributed by atoms with Crippen LogP contribution in [0.4, 0.5) is 17.6 Å². The standard InChI is InChI=1S/C20H12F4N2O3/c21-13-2-4-15(16(22)7-13)19(11-28-19)20(23,24)17-5-3-14(9-25-17)29-18-6-1-12(10-27)8-26-18/h1-10H,11H2. The second kappa shape index (κ2) is 6.93. The van der Waals surface area contributed by atoms with Gasteiger partial charge in [-0.05, 0) is 30.3 Å². The molecule has 29 heavy (non-hydrogen) atoms. The lowest BCUT2D eigenvalue weighted by Gasteiger charge is -2.24. The van der Waals surface area contributed by atoms with E-state index in [0.717, 1.165) is 24.4 Å². The minimum absolute atomic E-state index is 0.134. The zero-order valence-electron chi connectivity index (χ0n) is 14.6. The van der Waals surface area contributed by atoms with Crippen LogP contribution in [0.5, 0.6) is 11.6 Å². The lowest BCUT2D eigenvalue weighted by molar-refractivity contribution is -0.0902. The maximum atomic E-state index is 15.1. The number of hydrogen-bond donors (Lipinski definition) is 0. The van der Waals surface area contributed by atoms with Crippen molar-refractivity contribution in [2.75, 3.05) is 6.61 Å². The van der Waals surface area contributed by atoms with Crippen LogP contribution in [0.1, 0.15) is 21.6 Å². The number of benzene rings is 1. The highest BCUT2D eigenvalue weighted by atomic mass is 19.3. The number of ether oxygens (including phenoxy) is 2. The van der Waals surface area contributed by atoms with Crippen LogP contribution in [0.2, 0.25) is 0 Å². The van der Waals surface area contributed by atoms with Crippen LogP contribution in [0, 0.1) is 11.6 Å². The molecule has 0 radical (unpaired) electrons. The Kier molecular flexibility index (Phi) is 4.54. The summed E-state index contributed by atoms with van der Waals surface area (Å²) in [5.74, 6) is -5.39. The molecule has 0 saturated carbocycles. The van der Waals surface area contributed by atoms with Crippen LogP contribution in [0.15, 0.2) is 54.9 Å². The molecule has 148 valence electrons. The van der Waals surface area contributed by atoms with Crippen molar-refractivity contribution < 1.29 is 31.8 Å². The van der Waals surface area contributed by atoms with Crippen molar-refractivity contribution in [2.24, 2.45) is 0 Å². The highest BCUT2D eigenvalue weighted by Gasteiger charge is 2.68. The molecule has 3 heterocycles. The van der Waals surface area contributed by atoms with E-state index in [-0.39, 0.29) is 11.6 Å². The predicted molar refractivity (Wildman–Crippen MR) is 91.8 cm³/mol. The van der Waals surface area contributed by atoms with E-state index in [1.54, 1.807) is 0 Å². The molecule has 1 unspecified atom stereocenters. The summed E-state index contributed by atoms with van der Waals surface area (Å²) in [5.41, 5.74) is -2.99. The van der Waals surface area contributed by atoms with E-state index in [4.69, 9.17) is 9.47 Å². The van der Waals surface area contributed by atoms with Crippen molar-refractivity contribution in [3.8, 4) is 11.6 Å². The van der Waals surface area contributed by atoms with Gasteiger partial charge in [0, 0.05) is 29.5 Å². The quantitative estimate of drug-likeness (QED) is 0.347. The molecule has 0 N–H and O–H groups in total. The second-order valence-electron chi connectivity index (χ2n) is 6.34. The van der Waals surface area contributed by atoms with Crippen LogP contribution in [0.25, 0.3) is 0 Å². The van der Waals surface area contributed by atoms with Gasteiger partial charge in [-0.15, -0.1) is 0 Å². The number of epoxide rings is 1. The zero-order chi connectivity index (χ0) is 20.6. The third-order valence-corrected chi connectivity index (χ3v) is 4.48. The number of carbonyl (C=O) groups is 1. The number of pyridine rings is 2. The van der Waals surface area contributed by atoms with E-state index in [0.29, 0.717) is 17.9 Å². The predicted octanol–water partition coefficient (Wildman–Crippen LogP) is 4.38. The first kappa shape index (κ1) is 19.0. The van der Waals surface area contributed by atoms with Gasteiger partial charge in [0.1, 0.15) is 23.1 Å². The summed E-state index contributed by atoms with van der Waals surface area (Å²) in [6.45, 7) is -0.435. The van der Waals surface area contributed by atoms with E-state index >= 15 is 8.78 Å². The fourth-order valence-corrected chi connectivity index (χ4v) is 2.87. The van der Waals surface area contributed by atoms with Gasteiger partial charge in [-0.2, -0.15) is 8.78 Å². The molecule has 5 nitrogen and oxygen atoms in total. The van der Waals surface area contributed by atoms with Gasteiger partial charge in [0.25, 0.3) is 0 Å². The smallest absolute Gasteiger partial charge is 0.324 e. The van der Waals surface area contributed by atoms with Crippen LogP contribution in [0.3, 0.4) is 0 Å². The number of nitrogens with zero attached hydrogens (tertiary/aromatic N) is 2. The fraction of sp³-hybridized carbons (Fsp3) is 0.150. The monoisotopic (exact) mass is 404 g/mol. The maximum Gasteiger partial charge on any atom is 0.324 e. The van der Waals surface area contributed by atoms with E-state index < -0.39 is 41.0 Å². The van der Waals surface area contributed by atoms with Gasteiger partial charge in [-0.3, -0.25) is 9.78 Å². The van der Waals surface area contributed by atoms with E-state index in [1.807, 2.05) is 0 Å². The summed E-state index contributed by atoms with van der Waals surface area (Å²) in [6.07, 6.45) is 2.98. The van der Waals surface area contributed by atoms with Gasteiger partial charge in [0.15, 0.2) is 11.9 Å². The van der Waals surface area contributed by atoms with E-state index in [9.17, 15) is 13.6 Å². The second-order valence-corrected chi connectivity index (χ2v) is 6.34. The first-order chi connectivity index (χ1) is 13.9. The normalized spacial score (nSPS) is 18.3. The van der Waals surface area contributed by atoms with Gasteiger partial charge in [0.05, 0.1) is 12.8 Å². The minimum Gasteiger partial charge on any atom is -0.437 e. The number of halogens is 4. The van der Waals surface area contributed by atoms with Gasteiger partial charge in [-0.1, -0.05) is 0 Å². The number of hydrogen-bond acceptors (Lipinski definition) is 5. The van der Waals surface area contributed by atoms with Crippen molar-refractivity contribution >= 4 is 6.29 Å². The Morgan fingerprint density at radius 1 is 1.07 bits per heavy atom. The number of aromatic nitrogens is 2. The molecule has 1 aromatic carbocycles. The number of carbonyl (C=O) groups excluding carboxylic acids is 1. The highest BCUT2D eigenvalue weighted by Crippen LogP contribution is 2.56. The third-order valence-electron chi connectivity index (χ3n) is 4.48. The number of alkyl halides is 2. The van der Waals surface area contributed by atoms with Crippen LogP contribution < -0.4 is 4.74 Å². The Hall–Kier alpha value is -3.33. The zero-order valence-corrected chi connectivity index (χ0v) is 14.6. The molecule has 4 rings (SSSR count). The molecule has 0 aliphatic carbocycles. The largest absolute Gasteiger partial charge is 0.437 e. The number of rotatable bonds is 6. The fourth-order valence-electron chi connectivity index (χ4n) is 2.87. The summed E-state index contributed by atoms with van der Waals surface area (Å²) >= 11 is 0. The molecule has 9 heteroatoms. The lowest BCUT2D eigenvalue weighted by Crippen LogP contribution is -2.34. The minimum atomic E-state index is -3.67. The van der Waals surface area contributed by atoms with Crippen molar-refractivity contribution in [1.82, 2.24) is 9.97 Å². The van der Waals surface area contributed by atoms with Gasteiger partial charge < -0.3 is 9.47 Å². The first-order valence-electron chi connectivity index (χ1n) is 8.39. The van der Waals surface area contributed by atoms with Gasteiger partial charge >= 0.3 is 5.92 Å². The van der Waals surface area contributed by atoms with E-state index in [1.165, 1.54) is 24.4 Å². The highest BCUT2D eigenvalue weighted by molar-refractivity contribution is 5.74. The summed E-state index contributed by atoms with van der Waals surface area (Å²) in [4.78, 5) is 18.2. The van der Waals surface area contributed by atoms with Crippen LogP contribution in [-0.4, -0.2) is 22.9 Å². The Bertz CT molecular complexity index is 1050. The Morgan fingerprint density at radius 2 is 1.86 bits per heavy atom. The topological polar surface area (TPSA) is 64.6 Å². The number of aldehydes is 1. The van der Waals surface area contributed by atoms with Gasteiger partial charge in [0.2, 0.25) is 5.88 Å². The molecular weight excluding hydrogens is 392 g/mol. The molecular formula is C20H12F4N2O3. The van der Waals surface area contributed by atoms with Crippen molar-refractivity contribution in [1.29, 1.82) is 0 Å². The summed E-state index contributed by atoms with van der Waals surface area (Å²) in [5, 5.41) is 0. The summed E-state index contributed by atoms with van der Waals surface area (Å²) in [7, 11) is 0. The molecule has 0 amide bonds. The molecule has 0 bridgehead atoms. The van der Waals surface area contributed by atoms with Crippen molar-refractivity contribution in [3.05, 3.63) is 83.3 Å². The van der Waals surface area contributed by atoms with Crippen LogP contribution in [-0.2, 0) is 16.3 Å². The van der Waals surface area contributed by atoms with Crippen molar-refractivity contribution in [3.63, 3.8) is 0 Å². The molecule has 3 aromatic rings. The SMILES string of the molecule is O=Cc1ccc(Oc2ccc(C(F)(F)C3(c4ccc(F)cc4F)CO3)nc2)nc1. The Balaban J connectivity index is 1.58. The average molecular weight is 404 g/mol.